The van der Waals surface area contributed by atoms with Crippen molar-refractivity contribution in [1.82, 2.24) is 4.90 Å². The highest BCUT2D eigenvalue weighted by atomic mass is 16.5. The van der Waals surface area contributed by atoms with Crippen molar-refractivity contribution in [3.8, 4) is 0 Å². The molecule has 4 heteroatoms. The van der Waals surface area contributed by atoms with Crippen molar-refractivity contribution in [3.05, 3.63) is 95.6 Å². The fourth-order valence-corrected chi connectivity index (χ4v) is 5.01. The van der Waals surface area contributed by atoms with Gasteiger partial charge < -0.3 is 14.9 Å². The van der Waals surface area contributed by atoms with Gasteiger partial charge in [0.2, 0.25) is 0 Å². The Bertz CT molecular complexity index is 896. The molecule has 0 bridgehead atoms. The first kappa shape index (κ1) is 28.3. The first-order valence-corrected chi connectivity index (χ1v) is 13.7. The van der Waals surface area contributed by atoms with Crippen molar-refractivity contribution >= 4 is 0 Å². The normalized spacial score (nSPS) is 17.5. The molecular weight excluding hydrogens is 446 g/mol. The monoisotopic (exact) mass is 491 g/mol. The lowest BCUT2D eigenvalue weighted by Gasteiger charge is -2.37. The van der Waals surface area contributed by atoms with Crippen molar-refractivity contribution < 1.29 is 14.9 Å². The number of aryl methyl sites for hydroxylation is 1. The minimum Gasteiger partial charge on any atom is -0.395 e. The minimum atomic E-state index is -0.323. The fraction of sp³-hybridized carbons (Fsp3) is 0.500. The van der Waals surface area contributed by atoms with Gasteiger partial charge in [0, 0.05) is 31.7 Å². The van der Waals surface area contributed by atoms with Crippen LogP contribution in [0.2, 0.25) is 0 Å². The molecule has 0 spiro atoms. The summed E-state index contributed by atoms with van der Waals surface area (Å²) >= 11 is 0. The average Bonchev–Trinajstić information content (AvgIpc) is 2.93. The lowest BCUT2D eigenvalue weighted by molar-refractivity contribution is 0.101. The highest BCUT2D eigenvalue weighted by molar-refractivity contribution is 5.25. The Morgan fingerprint density at radius 3 is 2.14 bits per heavy atom. The molecule has 1 atom stereocenters. The molecule has 0 heterocycles. The maximum absolute atomic E-state index is 10.3. The van der Waals surface area contributed by atoms with Gasteiger partial charge in [-0.15, -0.1) is 0 Å². The number of aliphatic hydroxyl groups is 2. The van der Waals surface area contributed by atoms with Crippen LogP contribution in [0.25, 0.3) is 0 Å². The summed E-state index contributed by atoms with van der Waals surface area (Å²) in [6.07, 6.45) is 14.9. The van der Waals surface area contributed by atoms with E-state index in [0.717, 1.165) is 64.1 Å². The highest BCUT2D eigenvalue weighted by Gasteiger charge is 2.31. The molecule has 0 aliphatic heterocycles. The third-order valence-corrected chi connectivity index (χ3v) is 7.03. The second kappa shape index (κ2) is 16.5. The van der Waals surface area contributed by atoms with E-state index in [1.165, 1.54) is 30.4 Å². The quantitative estimate of drug-likeness (QED) is 0.253. The van der Waals surface area contributed by atoms with Gasteiger partial charge in [-0.05, 0) is 61.8 Å². The van der Waals surface area contributed by atoms with Crippen LogP contribution in [0.5, 0.6) is 0 Å². The number of unbranched alkanes of at least 4 members (excludes halogenated alkanes) is 4. The molecule has 3 rings (SSSR count). The van der Waals surface area contributed by atoms with Crippen LogP contribution in [0.15, 0.2) is 84.5 Å². The Hall–Kier alpha value is -2.24. The molecule has 0 saturated carbocycles. The Labute approximate surface area is 218 Å². The van der Waals surface area contributed by atoms with Crippen LogP contribution in [-0.2, 0) is 17.7 Å². The van der Waals surface area contributed by atoms with Crippen molar-refractivity contribution in [3.63, 3.8) is 0 Å². The van der Waals surface area contributed by atoms with E-state index in [1.54, 1.807) is 0 Å². The molecule has 4 nitrogen and oxygen atoms in total. The van der Waals surface area contributed by atoms with Crippen LogP contribution in [0.3, 0.4) is 0 Å². The van der Waals surface area contributed by atoms with Gasteiger partial charge in [-0.25, -0.2) is 0 Å². The maximum atomic E-state index is 10.3. The van der Waals surface area contributed by atoms with Crippen LogP contribution in [0.1, 0.15) is 56.1 Å². The van der Waals surface area contributed by atoms with E-state index in [0.29, 0.717) is 6.42 Å². The second-order valence-electron chi connectivity index (χ2n) is 10.2. The van der Waals surface area contributed by atoms with E-state index in [9.17, 15) is 10.2 Å². The van der Waals surface area contributed by atoms with Gasteiger partial charge in [0.05, 0.1) is 13.2 Å². The van der Waals surface area contributed by atoms with Gasteiger partial charge in [0.25, 0.3) is 0 Å². The topological polar surface area (TPSA) is 52.9 Å². The molecule has 0 radical (unpaired) electrons. The first-order valence-electron chi connectivity index (χ1n) is 13.7. The van der Waals surface area contributed by atoms with E-state index < -0.39 is 0 Å². The first-order chi connectivity index (χ1) is 17.7. The SMILES string of the molecule is OCC1=CC=CC(CO)(CN(CCCCCCOCCCCc2ccccc2)Cc2ccccc2)C1. The summed E-state index contributed by atoms with van der Waals surface area (Å²) < 4.78 is 5.86. The molecule has 2 aromatic rings. The number of benzene rings is 2. The Balaban J connectivity index is 1.33. The minimum absolute atomic E-state index is 0.0554. The van der Waals surface area contributed by atoms with Crippen molar-refractivity contribution in [2.45, 2.75) is 57.9 Å². The zero-order valence-electron chi connectivity index (χ0n) is 21.9. The molecule has 1 unspecified atom stereocenters. The van der Waals surface area contributed by atoms with Crippen molar-refractivity contribution in [2.24, 2.45) is 5.41 Å². The number of hydrogen-bond acceptors (Lipinski definition) is 4. The molecule has 1 aliphatic carbocycles. The molecule has 0 aromatic heterocycles. The van der Waals surface area contributed by atoms with Crippen molar-refractivity contribution in [2.75, 3.05) is 39.5 Å². The Morgan fingerprint density at radius 2 is 1.44 bits per heavy atom. The number of nitrogens with zero attached hydrogens (tertiary/aromatic N) is 1. The molecule has 2 aromatic carbocycles. The van der Waals surface area contributed by atoms with Crippen LogP contribution >= 0.6 is 0 Å². The van der Waals surface area contributed by atoms with Gasteiger partial charge in [-0.3, -0.25) is 4.90 Å². The van der Waals surface area contributed by atoms with Crippen LogP contribution in [0, 0.1) is 5.41 Å². The largest absolute Gasteiger partial charge is 0.395 e. The summed E-state index contributed by atoms with van der Waals surface area (Å²) in [7, 11) is 0. The fourth-order valence-electron chi connectivity index (χ4n) is 5.01. The Kier molecular flexibility index (Phi) is 13.0. The summed E-state index contributed by atoms with van der Waals surface area (Å²) in [6.45, 7) is 4.53. The lowest BCUT2D eigenvalue weighted by atomic mass is 9.78. The number of allylic oxidation sites excluding steroid dienone is 2. The molecule has 0 fully saturated rings. The molecule has 2 N–H and O–H groups in total. The predicted molar refractivity (Wildman–Crippen MR) is 149 cm³/mol. The lowest BCUT2D eigenvalue weighted by Crippen LogP contribution is -2.40. The summed E-state index contributed by atoms with van der Waals surface area (Å²) in [5.41, 5.74) is 3.37. The van der Waals surface area contributed by atoms with Crippen LogP contribution < -0.4 is 0 Å². The van der Waals surface area contributed by atoms with Crippen molar-refractivity contribution in [1.29, 1.82) is 0 Å². The zero-order chi connectivity index (χ0) is 25.3. The standard InChI is InChI=1S/C32H45NO3/c34-26-31-19-13-20-32(24-31,28-35)27-33(25-30-17-7-4-8-18-30)21-10-1-2-11-22-36-23-12-9-16-29-14-5-3-6-15-29/h3-8,13-15,17-20,34-35H,1-2,9-12,16,21-28H2. The van der Waals surface area contributed by atoms with Gasteiger partial charge in [-0.2, -0.15) is 0 Å². The smallest absolute Gasteiger partial charge is 0.0645 e. The predicted octanol–water partition coefficient (Wildman–Crippen LogP) is 5.95. The van der Waals surface area contributed by atoms with E-state index in [2.05, 4.69) is 71.6 Å². The molecule has 1 aliphatic rings. The summed E-state index contributed by atoms with van der Waals surface area (Å²) in [5, 5.41) is 19.9. The number of rotatable bonds is 18. The molecular formula is C32H45NO3. The van der Waals surface area contributed by atoms with E-state index >= 15 is 0 Å². The number of ether oxygens (including phenoxy) is 1. The maximum Gasteiger partial charge on any atom is 0.0645 e. The number of hydrogen-bond donors (Lipinski definition) is 2. The van der Waals surface area contributed by atoms with Crippen LogP contribution in [0.4, 0.5) is 0 Å². The zero-order valence-corrected chi connectivity index (χ0v) is 21.9. The van der Waals surface area contributed by atoms with Crippen LogP contribution in [-0.4, -0.2) is 54.6 Å². The number of aliphatic hydroxyl groups excluding tert-OH is 2. The third-order valence-electron chi connectivity index (χ3n) is 7.03. The molecule has 36 heavy (non-hydrogen) atoms. The molecule has 196 valence electrons. The summed E-state index contributed by atoms with van der Waals surface area (Å²) in [5.74, 6) is 0. The average molecular weight is 492 g/mol. The van der Waals surface area contributed by atoms with E-state index in [1.807, 2.05) is 12.2 Å². The molecule has 0 amide bonds. The third kappa shape index (κ3) is 10.4. The highest BCUT2D eigenvalue weighted by Crippen LogP contribution is 2.33. The van der Waals surface area contributed by atoms with E-state index in [-0.39, 0.29) is 18.6 Å². The van der Waals surface area contributed by atoms with Gasteiger partial charge >= 0.3 is 0 Å². The summed E-state index contributed by atoms with van der Waals surface area (Å²) in [6, 6.07) is 21.2. The van der Waals surface area contributed by atoms with Gasteiger partial charge in [-0.1, -0.05) is 91.7 Å². The van der Waals surface area contributed by atoms with E-state index in [4.69, 9.17) is 4.74 Å². The Morgan fingerprint density at radius 1 is 0.778 bits per heavy atom. The second-order valence-corrected chi connectivity index (χ2v) is 10.2. The van der Waals surface area contributed by atoms with Gasteiger partial charge in [0.15, 0.2) is 0 Å². The van der Waals surface area contributed by atoms with Gasteiger partial charge in [0.1, 0.15) is 0 Å². The summed E-state index contributed by atoms with van der Waals surface area (Å²) in [4.78, 5) is 2.47. The molecule has 0 saturated heterocycles.